The minimum atomic E-state index is -1.58. The van der Waals surface area contributed by atoms with E-state index in [1.807, 2.05) is 60.7 Å². The molecule has 8 heteroatoms. The molecule has 2 aromatic rings. The highest BCUT2D eigenvalue weighted by Gasteiger charge is 2.50. The molecule has 2 fully saturated rings. The Morgan fingerprint density at radius 1 is 1.07 bits per heavy atom. The standard InChI is InChI=1S/C20H20FN3O4/c21-16-17(23-24-22)20(25-11-13-7-3-1-4-8-13)27-15-12-26-19(28-18(15)16)14-9-5-2-6-10-14/h1-10,15-20H,11-12H2/t15-,16+,17-,18?,19?,20?/m1/s1. The van der Waals surface area contributed by atoms with Gasteiger partial charge in [-0.05, 0) is 11.1 Å². The molecule has 2 saturated heterocycles. The van der Waals surface area contributed by atoms with Crippen molar-refractivity contribution in [1.82, 2.24) is 0 Å². The van der Waals surface area contributed by atoms with Crippen LogP contribution in [0.1, 0.15) is 17.4 Å². The second-order valence-electron chi connectivity index (χ2n) is 6.66. The van der Waals surface area contributed by atoms with Crippen LogP contribution in [0.3, 0.4) is 0 Å². The molecule has 0 aromatic heterocycles. The summed E-state index contributed by atoms with van der Waals surface area (Å²) in [7, 11) is 0. The monoisotopic (exact) mass is 385 g/mol. The number of benzene rings is 2. The van der Waals surface area contributed by atoms with Crippen molar-refractivity contribution in [2.24, 2.45) is 5.11 Å². The van der Waals surface area contributed by atoms with Crippen LogP contribution in [0.4, 0.5) is 4.39 Å². The zero-order chi connectivity index (χ0) is 19.3. The third kappa shape index (κ3) is 4.01. The fraction of sp³-hybridized carbons (Fsp3) is 0.400. The summed E-state index contributed by atoms with van der Waals surface area (Å²) in [5, 5.41) is 3.58. The first-order chi connectivity index (χ1) is 13.8. The maximum Gasteiger partial charge on any atom is 0.184 e. The van der Waals surface area contributed by atoms with Crippen LogP contribution in [0.25, 0.3) is 10.4 Å². The topological polar surface area (TPSA) is 85.7 Å². The summed E-state index contributed by atoms with van der Waals surface area (Å²) < 4.78 is 38.3. The number of halogens is 1. The molecule has 0 radical (unpaired) electrons. The highest BCUT2D eigenvalue weighted by atomic mass is 19.1. The van der Waals surface area contributed by atoms with Crippen LogP contribution in [-0.4, -0.2) is 37.3 Å². The van der Waals surface area contributed by atoms with Gasteiger partial charge in [0.05, 0.1) is 13.2 Å². The van der Waals surface area contributed by atoms with Crippen LogP contribution in [0.15, 0.2) is 65.8 Å². The van der Waals surface area contributed by atoms with Crippen molar-refractivity contribution >= 4 is 0 Å². The van der Waals surface area contributed by atoms with Gasteiger partial charge in [0.2, 0.25) is 0 Å². The number of azide groups is 1. The Kier molecular flexibility index (Phi) is 5.85. The first-order valence-corrected chi connectivity index (χ1v) is 9.07. The predicted octanol–water partition coefficient (Wildman–Crippen LogP) is 4.06. The van der Waals surface area contributed by atoms with Gasteiger partial charge in [-0.1, -0.05) is 65.8 Å². The summed E-state index contributed by atoms with van der Waals surface area (Å²) in [6, 6.07) is 17.6. The lowest BCUT2D eigenvalue weighted by molar-refractivity contribution is -0.336. The van der Waals surface area contributed by atoms with Crippen LogP contribution in [-0.2, 0) is 25.6 Å². The van der Waals surface area contributed by atoms with Gasteiger partial charge in [-0.25, -0.2) is 4.39 Å². The quantitative estimate of drug-likeness (QED) is 0.441. The van der Waals surface area contributed by atoms with Crippen LogP contribution in [0.2, 0.25) is 0 Å². The van der Waals surface area contributed by atoms with Crippen LogP contribution in [0.5, 0.6) is 0 Å². The van der Waals surface area contributed by atoms with Crippen molar-refractivity contribution in [2.75, 3.05) is 6.61 Å². The van der Waals surface area contributed by atoms with Crippen molar-refractivity contribution in [3.05, 3.63) is 82.2 Å². The van der Waals surface area contributed by atoms with Crippen molar-refractivity contribution in [1.29, 1.82) is 0 Å². The number of hydrogen-bond acceptors (Lipinski definition) is 5. The van der Waals surface area contributed by atoms with E-state index >= 15 is 4.39 Å². The van der Waals surface area contributed by atoms with Crippen LogP contribution in [0, 0.1) is 0 Å². The van der Waals surface area contributed by atoms with E-state index in [1.54, 1.807) is 0 Å². The summed E-state index contributed by atoms with van der Waals surface area (Å²) in [5.41, 5.74) is 10.6. The molecule has 3 unspecified atom stereocenters. The number of rotatable bonds is 5. The Morgan fingerprint density at radius 2 is 1.79 bits per heavy atom. The van der Waals surface area contributed by atoms with E-state index in [-0.39, 0.29) is 13.2 Å². The van der Waals surface area contributed by atoms with E-state index in [0.29, 0.717) is 0 Å². The molecule has 0 N–H and O–H groups in total. The van der Waals surface area contributed by atoms with E-state index in [0.717, 1.165) is 11.1 Å². The zero-order valence-corrected chi connectivity index (χ0v) is 15.0. The van der Waals surface area contributed by atoms with Gasteiger partial charge in [0.1, 0.15) is 24.4 Å². The molecule has 2 aliphatic rings. The number of ether oxygens (including phenoxy) is 4. The lowest BCUT2D eigenvalue weighted by atomic mass is 9.97. The van der Waals surface area contributed by atoms with Crippen molar-refractivity contribution in [3.63, 3.8) is 0 Å². The number of fused-ring (bicyclic) bond motifs is 1. The first-order valence-electron chi connectivity index (χ1n) is 9.07. The molecule has 146 valence electrons. The highest BCUT2D eigenvalue weighted by molar-refractivity contribution is 5.17. The van der Waals surface area contributed by atoms with Crippen molar-refractivity contribution < 1.29 is 23.3 Å². The summed E-state index contributed by atoms with van der Waals surface area (Å²) >= 11 is 0. The van der Waals surface area contributed by atoms with Crippen molar-refractivity contribution in [3.8, 4) is 0 Å². The smallest absolute Gasteiger partial charge is 0.184 e. The fourth-order valence-electron chi connectivity index (χ4n) is 3.39. The van der Waals surface area contributed by atoms with Gasteiger partial charge in [0.15, 0.2) is 12.6 Å². The summed E-state index contributed by atoms with van der Waals surface area (Å²) in [6.07, 6.45) is -4.86. The largest absolute Gasteiger partial charge is 0.347 e. The number of nitrogens with zero attached hydrogens (tertiary/aromatic N) is 3. The van der Waals surface area contributed by atoms with Crippen molar-refractivity contribution in [2.45, 2.75) is 43.6 Å². The molecule has 0 aliphatic carbocycles. The van der Waals surface area contributed by atoms with E-state index in [4.69, 9.17) is 24.5 Å². The van der Waals surface area contributed by atoms with Gasteiger partial charge in [0.25, 0.3) is 0 Å². The van der Waals surface area contributed by atoms with Gasteiger partial charge in [-0.15, -0.1) is 0 Å². The van der Waals surface area contributed by atoms with E-state index in [9.17, 15) is 0 Å². The Hall–Kier alpha value is -2.48. The van der Waals surface area contributed by atoms with Crippen LogP contribution >= 0.6 is 0 Å². The zero-order valence-electron chi connectivity index (χ0n) is 15.0. The SMILES string of the molecule is [N-]=[N+]=N[C@H]1C(OCc2ccccc2)O[C@@H]2COC(c3ccccc3)OC2[C@H]1F. The number of alkyl halides is 1. The molecule has 2 aliphatic heterocycles. The highest BCUT2D eigenvalue weighted by Crippen LogP contribution is 2.36. The Labute approximate surface area is 161 Å². The second kappa shape index (κ2) is 8.68. The third-order valence-electron chi connectivity index (χ3n) is 4.80. The van der Waals surface area contributed by atoms with E-state index in [2.05, 4.69) is 10.0 Å². The Morgan fingerprint density at radius 3 is 2.50 bits per heavy atom. The fourth-order valence-corrected chi connectivity index (χ4v) is 3.39. The minimum absolute atomic E-state index is 0.152. The van der Waals surface area contributed by atoms with E-state index in [1.165, 1.54) is 0 Å². The van der Waals surface area contributed by atoms with Gasteiger partial charge < -0.3 is 18.9 Å². The third-order valence-corrected chi connectivity index (χ3v) is 4.80. The maximum absolute atomic E-state index is 15.2. The molecule has 0 bridgehead atoms. The molecule has 28 heavy (non-hydrogen) atoms. The normalized spacial score (nSPS) is 32.2. The number of hydrogen-bond donors (Lipinski definition) is 0. The molecule has 0 saturated carbocycles. The van der Waals surface area contributed by atoms with Gasteiger partial charge in [-0.2, -0.15) is 0 Å². The summed E-state index contributed by atoms with van der Waals surface area (Å²) in [4.78, 5) is 2.77. The lowest BCUT2D eigenvalue weighted by Crippen LogP contribution is -2.60. The first kappa shape index (κ1) is 18.9. The van der Waals surface area contributed by atoms with Gasteiger partial charge in [-0.3, -0.25) is 0 Å². The molecular weight excluding hydrogens is 365 g/mol. The average molecular weight is 385 g/mol. The second-order valence-corrected chi connectivity index (χ2v) is 6.66. The van der Waals surface area contributed by atoms with Gasteiger partial charge >= 0.3 is 0 Å². The molecule has 2 aromatic carbocycles. The molecular formula is C20H20FN3O4. The predicted molar refractivity (Wildman–Crippen MR) is 97.7 cm³/mol. The Balaban J connectivity index is 1.47. The minimum Gasteiger partial charge on any atom is -0.347 e. The molecule has 4 rings (SSSR count). The molecule has 0 amide bonds. The molecule has 6 atom stereocenters. The average Bonchev–Trinajstić information content (AvgIpc) is 2.76. The maximum atomic E-state index is 15.2. The summed E-state index contributed by atoms with van der Waals surface area (Å²) in [5.74, 6) is 0. The van der Waals surface area contributed by atoms with Crippen LogP contribution < -0.4 is 0 Å². The molecule has 0 spiro atoms. The Bertz CT molecular complexity index is 819. The lowest BCUT2D eigenvalue weighted by Gasteiger charge is -2.45. The van der Waals surface area contributed by atoms with Gasteiger partial charge in [0, 0.05) is 10.5 Å². The summed E-state index contributed by atoms with van der Waals surface area (Å²) in [6.45, 7) is 0.361. The molecule has 2 heterocycles. The van der Waals surface area contributed by atoms with E-state index < -0.39 is 37.0 Å². The molecule has 7 nitrogen and oxygen atoms in total.